The third-order valence-electron chi connectivity index (χ3n) is 7.76. The number of carboxylic acid groups (broad SMARTS) is 1. The van der Waals surface area contributed by atoms with Gasteiger partial charge in [-0.15, -0.1) is 11.3 Å². The molecule has 3 heterocycles. The molecule has 11 heteroatoms. The van der Waals surface area contributed by atoms with Crippen LogP contribution in [0.3, 0.4) is 0 Å². The van der Waals surface area contributed by atoms with Crippen LogP contribution in [-0.2, 0) is 21.7 Å². The molecule has 1 aromatic heterocycles. The fourth-order valence-corrected chi connectivity index (χ4v) is 6.86. The van der Waals surface area contributed by atoms with Crippen molar-refractivity contribution >= 4 is 50.7 Å². The zero-order valence-corrected chi connectivity index (χ0v) is 24.8. The zero-order valence-electron chi connectivity index (χ0n) is 23.2. The van der Waals surface area contributed by atoms with Crippen LogP contribution in [0.4, 0.5) is 13.2 Å². The number of alkyl halides is 3. The van der Waals surface area contributed by atoms with Crippen LogP contribution in [0.15, 0.2) is 89.2 Å². The number of halogens is 4. The zero-order chi connectivity index (χ0) is 30.8. The molecule has 6 rings (SSSR count). The van der Waals surface area contributed by atoms with E-state index in [9.17, 15) is 18.0 Å². The highest BCUT2D eigenvalue weighted by Gasteiger charge is 2.51. The van der Waals surface area contributed by atoms with Crippen LogP contribution in [0.5, 0.6) is 0 Å². The molecule has 0 aliphatic carbocycles. The van der Waals surface area contributed by atoms with Crippen molar-refractivity contribution < 1.29 is 27.9 Å². The lowest BCUT2D eigenvalue weighted by molar-refractivity contribution is -0.192. The molecular weight excluding hydrogens is 599 g/mol. The normalized spacial score (nSPS) is 17.5. The minimum absolute atomic E-state index is 0.0642. The summed E-state index contributed by atoms with van der Waals surface area (Å²) >= 11 is 8.04. The Balaban J connectivity index is 0.000000472. The topological polar surface area (TPSA) is 73.2 Å². The SMILES string of the molecule is CC1=NC(c2ccccc2)(c2ccccc2)C(=O)N1C1CCN(Cc2csc3ccc(Cl)cc23)CC1.O=C(O)C(F)(F)F. The Labute approximate surface area is 256 Å². The van der Waals surface area contributed by atoms with Crippen LogP contribution >= 0.6 is 22.9 Å². The third-order valence-corrected chi connectivity index (χ3v) is 9.01. The molecule has 0 radical (unpaired) electrons. The maximum atomic E-state index is 14.2. The summed E-state index contributed by atoms with van der Waals surface area (Å²) in [4.78, 5) is 32.7. The van der Waals surface area contributed by atoms with Crippen LogP contribution in [0.25, 0.3) is 10.1 Å². The molecule has 1 fully saturated rings. The second kappa shape index (κ2) is 12.5. The number of hydrogen-bond donors (Lipinski definition) is 1. The highest BCUT2D eigenvalue weighted by molar-refractivity contribution is 7.17. The summed E-state index contributed by atoms with van der Waals surface area (Å²) in [5.41, 5.74) is 2.16. The van der Waals surface area contributed by atoms with Gasteiger partial charge in [0.2, 0.25) is 0 Å². The number of nitrogens with zero attached hydrogens (tertiary/aromatic N) is 3. The molecule has 0 spiro atoms. The second-order valence-corrected chi connectivity index (χ2v) is 11.8. The number of fused-ring (bicyclic) bond motifs is 1. The van der Waals surface area contributed by atoms with Crippen LogP contribution in [-0.4, -0.2) is 57.9 Å². The van der Waals surface area contributed by atoms with E-state index in [-0.39, 0.29) is 11.9 Å². The van der Waals surface area contributed by atoms with Gasteiger partial charge in [-0.3, -0.25) is 14.6 Å². The predicted molar refractivity (Wildman–Crippen MR) is 162 cm³/mol. The van der Waals surface area contributed by atoms with Crippen LogP contribution in [0.1, 0.15) is 36.5 Å². The molecule has 4 aromatic rings. The maximum Gasteiger partial charge on any atom is 0.490 e. The van der Waals surface area contributed by atoms with Gasteiger partial charge in [-0.1, -0.05) is 72.3 Å². The van der Waals surface area contributed by atoms with Gasteiger partial charge in [0.25, 0.3) is 5.91 Å². The summed E-state index contributed by atoms with van der Waals surface area (Å²) in [5.74, 6) is -1.88. The van der Waals surface area contributed by atoms with Crippen LogP contribution < -0.4 is 0 Å². The predicted octanol–water partition coefficient (Wildman–Crippen LogP) is 7.36. The minimum Gasteiger partial charge on any atom is -0.475 e. The monoisotopic (exact) mass is 627 g/mol. The summed E-state index contributed by atoms with van der Waals surface area (Å²) < 4.78 is 33.0. The molecule has 0 saturated carbocycles. The molecule has 0 atom stereocenters. The Morgan fingerprint density at radius 1 is 1.02 bits per heavy atom. The summed E-state index contributed by atoms with van der Waals surface area (Å²) in [6.45, 7) is 4.79. The lowest BCUT2D eigenvalue weighted by atomic mass is 9.82. The maximum absolute atomic E-state index is 14.2. The molecule has 1 amide bonds. The number of piperidine rings is 1. The van der Waals surface area contributed by atoms with Crippen LogP contribution in [0.2, 0.25) is 5.02 Å². The van der Waals surface area contributed by atoms with E-state index in [0.29, 0.717) is 0 Å². The third kappa shape index (κ3) is 6.32. The average molecular weight is 628 g/mol. The van der Waals surface area contributed by atoms with E-state index in [1.165, 1.54) is 15.6 Å². The van der Waals surface area contributed by atoms with Gasteiger partial charge in [0.1, 0.15) is 5.84 Å². The van der Waals surface area contributed by atoms with Gasteiger partial charge in [0, 0.05) is 35.4 Å². The van der Waals surface area contributed by atoms with Crippen molar-refractivity contribution in [3.8, 4) is 0 Å². The molecule has 1 saturated heterocycles. The Kier molecular flexibility index (Phi) is 8.91. The van der Waals surface area contributed by atoms with Gasteiger partial charge in [0.05, 0.1) is 0 Å². The minimum atomic E-state index is -5.08. The lowest BCUT2D eigenvalue weighted by Crippen LogP contribution is -2.50. The highest BCUT2D eigenvalue weighted by atomic mass is 35.5. The van der Waals surface area contributed by atoms with Gasteiger partial charge in [0.15, 0.2) is 5.54 Å². The Morgan fingerprint density at radius 3 is 2.12 bits per heavy atom. The number of rotatable bonds is 5. The number of amidine groups is 1. The molecule has 0 bridgehead atoms. The summed E-state index contributed by atoms with van der Waals surface area (Å²) in [5, 5.41) is 11.4. The van der Waals surface area contributed by atoms with Crippen molar-refractivity contribution in [2.24, 2.45) is 4.99 Å². The molecule has 0 unspecified atom stereocenters. The summed E-state index contributed by atoms with van der Waals surface area (Å²) in [7, 11) is 0. The van der Waals surface area contributed by atoms with Crippen molar-refractivity contribution in [1.29, 1.82) is 0 Å². The highest BCUT2D eigenvalue weighted by Crippen LogP contribution is 2.42. The number of amides is 1. The van der Waals surface area contributed by atoms with Gasteiger partial charge in [-0.2, -0.15) is 13.2 Å². The first-order chi connectivity index (χ1) is 20.5. The molecule has 1 N–H and O–H groups in total. The van der Waals surface area contributed by atoms with E-state index in [2.05, 4.69) is 22.4 Å². The molecule has 2 aliphatic rings. The number of aliphatic carboxylic acids is 1. The molecule has 3 aromatic carbocycles. The number of hydrogen-bond acceptors (Lipinski definition) is 5. The van der Waals surface area contributed by atoms with Crippen molar-refractivity contribution in [3.63, 3.8) is 0 Å². The molecule has 6 nitrogen and oxygen atoms in total. The number of carbonyl (C=O) groups is 2. The number of likely N-dealkylation sites (tertiary alicyclic amines) is 1. The van der Waals surface area contributed by atoms with Gasteiger partial charge in [-0.25, -0.2) is 9.79 Å². The number of carboxylic acids is 1. The van der Waals surface area contributed by atoms with E-state index in [1.54, 1.807) is 11.3 Å². The quantitative estimate of drug-likeness (QED) is 0.251. The van der Waals surface area contributed by atoms with Crippen LogP contribution in [0, 0.1) is 0 Å². The first-order valence-corrected chi connectivity index (χ1v) is 15.0. The van der Waals surface area contributed by atoms with E-state index >= 15 is 0 Å². The Bertz CT molecular complexity index is 1600. The van der Waals surface area contributed by atoms with Gasteiger partial charge < -0.3 is 5.11 Å². The molecule has 224 valence electrons. The Morgan fingerprint density at radius 2 is 1.58 bits per heavy atom. The number of benzene rings is 3. The van der Waals surface area contributed by atoms with E-state index in [0.717, 1.165) is 54.5 Å². The molecular formula is C32H29ClF3N3O3S. The first-order valence-electron chi connectivity index (χ1n) is 13.7. The van der Waals surface area contributed by atoms with E-state index in [4.69, 9.17) is 26.5 Å². The largest absolute Gasteiger partial charge is 0.490 e. The Hall–Kier alpha value is -3.73. The average Bonchev–Trinajstić information content (AvgIpc) is 3.51. The summed E-state index contributed by atoms with van der Waals surface area (Å²) in [6.07, 6.45) is -3.22. The van der Waals surface area contributed by atoms with Crippen molar-refractivity contribution in [2.45, 2.75) is 44.1 Å². The lowest BCUT2D eigenvalue weighted by Gasteiger charge is -2.38. The van der Waals surface area contributed by atoms with Crippen molar-refractivity contribution in [3.05, 3.63) is 106 Å². The number of thiophene rings is 1. The smallest absolute Gasteiger partial charge is 0.475 e. The summed E-state index contributed by atoms with van der Waals surface area (Å²) in [6, 6.07) is 26.3. The van der Waals surface area contributed by atoms with Gasteiger partial charge in [-0.05, 0) is 65.4 Å². The second-order valence-electron chi connectivity index (χ2n) is 10.5. The van der Waals surface area contributed by atoms with E-state index in [1.807, 2.05) is 78.6 Å². The standard InChI is InChI=1S/C30H28ClN3OS.C2HF3O2/c1-21-32-30(23-8-4-2-5-9-23,24-10-6-3-7-11-24)29(35)34(21)26-14-16-33(17-15-26)19-22-20-36-28-13-12-25(31)18-27(22)28;3-2(4,5)1(6)7/h2-13,18,20,26H,14-17,19H2,1H3;(H,6,7). The van der Waals surface area contributed by atoms with Gasteiger partial charge >= 0.3 is 12.1 Å². The first kappa shape index (κ1) is 30.7. The van der Waals surface area contributed by atoms with E-state index < -0.39 is 17.7 Å². The molecule has 43 heavy (non-hydrogen) atoms. The fourth-order valence-electron chi connectivity index (χ4n) is 5.75. The number of aliphatic imine (C=N–C) groups is 1. The van der Waals surface area contributed by atoms with Crippen molar-refractivity contribution in [1.82, 2.24) is 9.80 Å². The molecule has 2 aliphatic heterocycles. The van der Waals surface area contributed by atoms with Crippen molar-refractivity contribution in [2.75, 3.05) is 13.1 Å². The number of carbonyl (C=O) groups excluding carboxylic acids is 1. The fraction of sp³-hybridized carbons (Fsp3) is 0.281.